The van der Waals surface area contributed by atoms with Crippen LogP contribution in [0.3, 0.4) is 0 Å². The van der Waals surface area contributed by atoms with Gasteiger partial charge in [0.05, 0.1) is 23.7 Å². The zero-order valence-corrected chi connectivity index (χ0v) is 18.8. The second-order valence-electron chi connectivity index (χ2n) is 8.72. The van der Waals surface area contributed by atoms with Gasteiger partial charge in [-0.15, -0.1) is 0 Å². The lowest BCUT2D eigenvalue weighted by molar-refractivity contribution is -0.137. The van der Waals surface area contributed by atoms with Gasteiger partial charge in [0, 0.05) is 54.9 Å². The summed E-state index contributed by atoms with van der Waals surface area (Å²) in [6.07, 6.45) is -2.57. The van der Waals surface area contributed by atoms with Crippen molar-refractivity contribution in [3.8, 4) is 5.69 Å². The zero-order valence-electron chi connectivity index (χ0n) is 18.8. The van der Waals surface area contributed by atoms with Gasteiger partial charge in [-0.3, -0.25) is 18.9 Å². The number of amides is 1. The molecular formula is C24H24F3N5O2. The van der Waals surface area contributed by atoms with Gasteiger partial charge in [-0.1, -0.05) is 0 Å². The number of aryl methyl sites for hydroxylation is 1. The number of nitrogens with zero attached hydrogens (tertiary/aromatic N) is 5. The van der Waals surface area contributed by atoms with Crippen LogP contribution >= 0.6 is 0 Å². The van der Waals surface area contributed by atoms with Crippen molar-refractivity contribution < 1.29 is 23.1 Å². The molecule has 1 amide bonds. The fourth-order valence-corrected chi connectivity index (χ4v) is 4.60. The molecule has 10 heteroatoms. The van der Waals surface area contributed by atoms with Crippen LogP contribution in [0.1, 0.15) is 15.9 Å². The normalized spacial score (nSPS) is 17.7. The average molecular weight is 471 g/mol. The Morgan fingerprint density at radius 1 is 1.09 bits per heavy atom. The fraction of sp³-hybridized carbons (Fsp3) is 0.333. The Morgan fingerprint density at radius 2 is 1.82 bits per heavy atom. The Hall–Kier alpha value is -3.37. The number of aliphatic hydroxyl groups excluding tert-OH is 1. The van der Waals surface area contributed by atoms with E-state index in [0.29, 0.717) is 36.5 Å². The number of alkyl halides is 3. The summed E-state index contributed by atoms with van der Waals surface area (Å²) in [6, 6.07) is 10.2. The number of benzene rings is 2. The summed E-state index contributed by atoms with van der Waals surface area (Å²) in [5, 5.41) is 15.7. The topological polar surface area (TPSA) is 66.5 Å². The number of piperazine rings is 1. The molecule has 0 spiro atoms. The van der Waals surface area contributed by atoms with Crippen molar-refractivity contribution in [1.29, 1.82) is 0 Å². The van der Waals surface area contributed by atoms with Gasteiger partial charge in [0.25, 0.3) is 5.91 Å². The van der Waals surface area contributed by atoms with Gasteiger partial charge < -0.3 is 10.0 Å². The van der Waals surface area contributed by atoms with Crippen molar-refractivity contribution in [3.05, 3.63) is 59.8 Å². The SMILES string of the molecule is CN1CCN(C(=O)c2ccc3c(c2)c2cn(C)nc2n3-c2ccc(C(F)(F)F)cc2)CC1CO. The molecule has 1 atom stereocenters. The number of rotatable bonds is 3. The summed E-state index contributed by atoms with van der Waals surface area (Å²) in [4.78, 5) is 17.0. The van der Waals surface area contributed by atoms with Crippen LogP contribution in [0.4, 0.5) is 13.2 Å². The van der Waals surface area contributed by atoms with Crippen molar-refractivity contribution in [2.24, 2.45) is 7.05 Å². The number of likely N-dealkylation sites (N-methyl/N-ethyl adjacent to an activating group) is 1. The van der Waals surface area contributed by atoms with Gasteiger partial charge in [0.2, 0.25) is 0 Å². The quantitative estimate of drug-likeness (QED) is 0.498. The Bertz CT molecular complexity index is 1370. The van der Waals surface area contributed by atoms with Crippen LogP contribution in [-0.4, -0.2) is 74.5 Å². The number of fused-ring (bicyclic) bond motifs is 3. The molecule has 0 radical (unpaired) electrons. The minimum absolute atomic E-state index is 0.0222. The van der Waals surface area contributed by atoms with Crippen LogP contribution in [0.15, 0.2) is 48.7 Å². The summed E-state index contributed by atoms with van der Waals surface area (Å²) in [7, 11) is 3.70. The number of hydrogen-bond donors (Lipinski definition) is 1. The smallest absolute Gasteiger partial charge is 0.395 e. The molecule has 1 saturated heterocycles. The highest BCUT2D eigenvalue weighted by atomic mass is 19.4. The average Bonchev–Trinajstić information content (AvgIpc) is 3.32. The lowest BCUT2D eigenvalue weighted by atomic mass is 10.1. The molecule has 34 heavy (non-hydrogen) atoms. The molecule has 2 aromatic heterocycles. The zero-order chi connectivity index (χ0) is 24.2. The second-order valence-corrected chi connectivity index (χ2v) is 8.72. The Morgan fingerprint density at radius 3 is 2.50 bits per heavy atom. The molecule has 1 aliphatic heterocycles. The first-order valence-corrected chi connectivity index (χ1v) is 10.9. The van der Waals surface area contributed by atoms with Crippen molar-refractivity contribution in [2.45, 2.75) is 12.2 Å². The van der Waals surface area contributed by atoms with E-state index in [-0.39, 0.29) is 18.6 Å². The summed E-state index contributed by atoms with van der Waals surface area (Å²) in [5.74, 6) is -0.118. The third kappa shape index (κ3) is 3.72. The lowest BCUT2D eigenvalue weighted by Gasteiger charge is -2.38. The van der Waals surface area contributed by atoms with Crippen molar-refractivity contribution in [3.63, 3.8) is 0 Å². The van der Waals surface area contributed by atoms with E-state index in [9.17, 15) is 23.1 Å². The predicted molar refractivity (Wildman–Crippen MR) is 122 cm³/mol. The highest BCUT2D eigenvalue weighted by Crippen LogP contribution is 2.34. The van der Waals surface area contributed by atoms with E-state index >= 15 is 0 Å². The van der Waals surface area contributed by atoms with E-state index in [2.05, 4.69) is 5.10 Å². The standard InChI is InChI=1S/C24H24F3N5O2/c1-29-9-10-31(12-18(29)14-33)23(34)15-3-8-21-19(11-15)20-13-30(2)28-22(20)32(21)17-6-4-16(5-7-17)24(25,26)27/h3-8,11,13,18,33H,9-10,12,14H2,1-2H3. The summed E-state index contributed by atoms with van der Waals surface area (Å²) < 4.78 is 42.6. The van der Waals surface area contributed by atoms with Crippen LogP contribution in [0, 0.1) is 0 Å². The van der Waals surface area contributed by atoms with Crippen molar-refractivity contribution >= 4 is 27.8 Å². The first-order chi connectivity index (χ1) is 16.2. The molecule has 0 saturated carbocycles. The third-order valence-corrected chi connectivity index (χ3v) is 6.52. The molecular weight excluding hydrogens is 447 g/mol. The molecule has 1 aliphatic rings. The number of aromatic nitrogens is 3. The highest BCUT2D eigenvalue weighted by Gasteiger charge is 2.31. The molecule has 178 valence electrons. The highest BCUT2D eigenvalue weighted by molar-refractivity contribution is 6.10. The number of carbonyl (C=O) groups excluding carboxylic acids is 1. The van der Waals surface area contributed by atoms with E-state index in [1.54, 1.807) is 27.3 Å². The van der Waals surface area contributed by atoms with Gasteiger partial charge in [-0.05, 0) is 49.5 Å². The second kappa shape index (κ2) is 8.14. The van der Waals surface area contributed by atoms with Gasteiger partial charge in [-0.2, -0.15) is 18.3 Å². The first-order valence-electron chi connectivity index (χ1n) is 10.9. The van der Waals surface area contributed by atoms with E-state index in [0.717, 1.165) is 28.4 Å². The molecule has 7 nitrogen and oxygen atoms in total. The molecule has 1 fully saturated rings. The van der Waals surface area contributed by atoms with Crippen molar-refractivity contribution in [1.82, 2.24) is 24.1 Å². The predicted octanol–water partition coefficient (Wildman–Crippen LogP) is 3.28. The maximum atomic E-state index is 13.3. The van der Waals surface area contributed by atoms with Crippen LogP contribution in [0.5, 0.6) is 0 Å². The summed E-state index contributed by atoms with van der Waals surface area (Å²) >= 11 is 0. The monoisotopic (exact) mass is 471 g/mol. The van der Waals surface area contributed by atoms with Gasteiger partial charge >= 0.3 is 6.18 Å². The first kappa shape index (κ1) is 22.4. The lowest BCUT2D eigenvalue weighted by Crippen LogP contribution is -2.54. The number of aliphatic hydroxyl groups is 1. The van der Waals surface area contributed by atoms with Gasteiger partial charge in [0.1, 0.15) is 0 Å². The van der Waals surface area contributed by atoms with E-state index < -0.39 is 11.7 Å². The van der Waals surface area contributed by atoms with Gasteiger partial charge in [0.15, 0.2) is 5.65 Å². The van der Waals surface area contributed by atoms with Crippen LogP contribution in [0.2, 0.25) is 0 Å². The van der Waals surface area contributed by atoms with Crippen LogP contribution < -0.4 is 0 Å². The molecule has 4 aromatic rings. The Balaban J connectivity index is 1.57. The van der Waals surface area contributed by atoms with E-state index in [1.165, 1.54) is 12.1 Å². The molecule has 1 N–H and O–H groups in total. The Kier molecular flexibility index (Phi) is 5.37. The number of hydrogen-bond acceptors (Lipinski definition) is 4. The fourth-order valence-electron chi connectivity index (χ4n) is 4.60. The van der Waals surface area contributed by atoms with E-state index in [4.69, 9.17) is 0 Å². The number of halogens is 3. The maximum absolute atomic E-state index is 13.3. The molecule has 1 unspecified atom stereocenters. The largest absolute Gasteiger partial charge is 0.416 e. The van der Waals surface area contributed by atoms with Crippen LogP contribution in [-0.2, 0) is 13.2 Å². The van der Waals surface area contributed by atoms with Gasteiger partial charge in [-0.25, -0.2) is 0 Å². The minimum atomic E-state index is -4.41. The summed E-state index contributed by atoms with van der Waals surface area (Å²) in [5.41, 5.74) is 1.70. The molecule has 0 bridgehead atoms. The molecule has 3 heterocycles. The molecule has 5 rings (SSSR count). The summed E-state index contributed by atoms with van der Waals surface area (Å²) in [6.45, 7) is 1.67. The minimum Gasteiger partial charge on any atom is -0.395 e. The van der Waals surface area contributed by atoms with Crippen LogP contribution in [0.25, 0.3) is 27.6 Å². The Labute approximate surface area is 193 Å². The number of carbonyl (C=O) groups is 1. The van der Waals surface area contributed by atoms with Crippen molar-refractivity contribution in [2.75, 3.05) is 33.3 Å². The molecule has 2 aromatic carbocycles. The maximum Gasteiger partial charge on any atom is 0.416 e. The van der Waals surface area contributed by atoms with E-state index in [1.807, 2.05) is 30.3 Å². The molecule has 0 aliphatic carbocycles. The third-order valence-electron chi connectivity index (χ3n) is 6.52.